The molecule has 0 atom stereocenters. The molecule has 0 unspecified atom stereocenters. The van der Waals surface area contributed by atoms with E-state index in [1.54, 1.807) is 28.8 Å². The predicted molar refractivity (Wildman–Crippen MR) is 103 cm³/mol. The quantitative estimate of drug-likeness (QED) is 0.652. The van der Waals surface area contributed by atoms with Gasteiger partial charge in [-0.2, -0.15) is 4.52 Å². The van der Waals surface area contributed by atoms with E-state index in [1.165, 1.54) is 6.07 Å². The zero-order valence-electron chi connectivity index (χ0n) is 15.1. The van der Waals surface area contributed by atoms with E-state index in [4.69, 9.17) is 5.14 Å². The predicted octanol–water partition coefficient (Wildman–Crippen LogP) is 0.341. The van der Waals surface area contributed by atoms with E-state index < -0.39 is 10.0 Å². The molecule has 3 heterocycles. The van der Waals surface area contributed by atoms with E-state index in [2.05, 4.69) is 25.1 Å². The van der Waals surface area contributed by atoms with Gasteiger partial charge >= 0.3 is 0 Å². The molecule has 4 rings (SSSR count). The summed E-state index contributed by atoms with van der Waals surface area (Å²) in [6.45, 7) is 3.22. The molecular weight excluding hydrogens is 385 g/mol. The molecule has 11 heteroatoms. The number of nitrogens with zero attached hydrogens (tertiary/aromatic N) is 6. The molecule has 1 aliphatic rings. The van der Waals surface area contributed by atoms with Crippen LogP contribution < -0.4 is 10.0 Å². The number of piperazine rings is 1. The highest BCUT2D eigenvalue weighted by Gasteiger charge is 2.20. The van der Waals surface area contributed by atoms with Crippen molar-refractivity contribution in [3.63, 3.8) is 0 Å². The Hall–Kier alpha value is -2.63. The summed E-state index contributed by atoms with van der Waals surface area (Å²) in [4.78, 5) is 4.15. The molecule has 2 N–H and O–H groups in total. The van der Waals surface area contributed by atoms with Crippen LogP contribution in [-0.4, -0.2) is 71.6 Å². The molecule has 28 heavy (non-hydrogen) atoms. The maximum atomic E-state index is 14.2. The van der Waals surface area contributed by atoms with E-state index >= 15 is 0 Å². The SMILES string of the molecule is NS(=O)(=O)CCN1CCN(c2ccc3nnc(-c4ccccc4F)n3n2)CC1. The first kappa shape index (κ1) is 18.7. The van der Waals surface area contributed by atoms with Gasteiger partial charge in [-0.3, -0.25) is 4.90 Å². The van der Waals surface area contributed by atoms with Gasteiger partial charge in [0.2, 0.25) is 10.0 Å². The van der Waals surface area contributed by atoms with Crippen LogP contribution in [-0.2, 0) is 10.0 Å². The van der Waals surface area contributed by atoms with Crippen LogP contribution >= 0.6 is 0 Å². The van der Waals surface area contributed by atoms with E-state index in [0.717, 1.165) is 5.82 Å². The summed E-state index contributed by atoms with van der Waals surface area (Å²) in [5.74, 6) is 0.648. The van der Waals surface area contributed by atoms with E-state index in [1.807, 2.05) is 6.07 Å². The zero-order chi connectivity index (χ0) is 19.7. The van der Waals surface area contributed by atoms with Crippen molar-refractivity contribution in [2.75, 3.05) is 43.4 Å². The molecule has 0 radical (unpaired) electrons. The molecule has 1 aliphatic heterocycles. The minimum atomic E-state index is -3.46. The van der Waals surface area contributed by atoms with Crippen LogP contribution in [0.15, 0.2) is 36.4 Å². The van der Waals surface area contributed by atoms with Crippen LogP contribution in [0.1, 0.15) is 0 Å². The monoisotopic (exact) mass is 405 g/mol. The maximum absolute atomic E-state index is 14.2. The lowest BCUT2D eigenvalue weighted by atomic mass is 10.2. The Bertz CT molecular complexity index is 1090. The molecule has 0 amide bonds. The third-order valence-electron chi connectivity index (χ3n) is 4.75. The number of primary sulfonamides is 1. The standard InChI is InChI=1S/C17H20FN7O2S/c18-14-4-2-1-3-13(14)17-21-20-15-5-6-16(22-25(15)17)24-9-7-23(8-10-24)11-12-28(19,26)27/h1-6H,7-12H2,(H2,19,26,27). The van der Waals surface area contributed by atoms with Crippen molar-refractivity contribution in [3.05, 3.63) is 42.2 Å². The van der Waals surface area contributed by atoms with Crippen LogP contribution in [0.2, 0.25) is 0 Å². The van der Waals surface area contributed by atoms with Gasteiger partial charge in [-0.1, -0.05) is 12.1 Å². The number of fused-ring (bicyclic) bond motifs is 1. The van der Waals surface area contributed by atoms with Gasteiger partial charge in [-0.15, -0.1) is 15.3 Å². The third-order valence-corrected chi connectivity index (χ3v) is 5.50. The van der Waals surface area contributed by atoms with Crippen molar-refractivity contribution in [3.8, 4) is 11.4 Å². The molecule has 0 aliphatic carbocycles. The van der Waals surface area contributed by atoms with Crippen molar-refractivity contribution < 1.29 is 12.8 Å². The van der Waals surface area contributed by atoms with Crippen molar-refractivity contribution in [2.45, 2.75) is 0 Å². The first-order chi connectivity index (χ1) is 13.4. The summed E-state index contributed by atoms with van der Waals surface area (Å²) in [7, 11) is -3.46. The average molecular weight is 405 g/mol. The van der Waals surface area contributed by atoms with E-state index in [9.17, 15) is 12.8 Å². The minimum absolute atomic E-state index is 0.0517. The summed E-state index contributed by atoms with van der Waals surface area (Å²) in [5.41, 5.74) is 0.876. The highest BCUT2D eigenvalue weighted by atomic mass is 32.2. The van der Waals surface area contributed by atoms with Crippen LogP contribution in [0.4, 0.5) is 10.2 Å². The Balaban J connectivity index is 1.53. The number of anilines is 1. The smallest absolute Gasteiger partial charge is 0.210 e. The fraction of sp³-hybridized carbons (Fsp3) is 0.353. The fourth-order valence-corrected chi connectivity index (χ4v) is 3.73. The summed E-state index contributed by atoms with van der Waals surface area (Å²) < 4.78 is 37.9. The molecule has 0 bridgehead atoms. The normalized spacial score (nSPS) is 16.0. The Morgan fingerprint density at radius 2 is 1.79 bits per heavy atom. The van der Waals surface area contributed by atoms with Crippen LogP contribution in [0.5, 0.6) is 0 Å². The van der Waals surface area contributed by atoms with Gasteiger partial charge in [0.1, 0.15) is 11.6 Å². The van der Waals surface area contributed by atoms with Crippen LogP contribution in [0.3, 0.4) is 0 Å². The molecular formula is C17H20FN7O2S. The molecule has 148 valence electrons. The Labute approximate surface area is 161 Å². The molecule has 3 aromatic rings. The van der Waals surface area contributed by atoms with Gasteiger partial charge < -0.3 is 4.90 Å². The highest BCUT2D eigenvalue weighted by Crippen LogP contribution is 2.22. The summed E-state index contributed by atoms with van der Waals surface area (Å²) in [5, 5.41) is 17.8. The number of nitrogens with two attached hydrogens (primary N) is 1. The number of halogens is 1. The average Bonchev–Trinajstić information content (AvgIpc) is 3.10. The Morgan fingerprint density at radius 1 is 1.04 bits per heavy atom. The molecule has 1 saturated heterocycles. The lowest BCUT2D eigenvalue weighted by Gasteiger charge is -2.35. The van der Waals surface area contributed by atoms with Crippen molar-refractivity contribution >= 4 is 21.5 Å². The van der Waals surface area contributed by atoms with Gasteiger partial charge in [0.05, 0.1) is 11.3 Å². The molecule has 9 nitrogen and oxygen atoms in total. The van der Waals surface area contributed by atoms with Gasteiger partial charge in [0.25, 0.3) is 0 Å². The van der Waals surface area contributed by atoms with Gasteiger partial charge in [0.15, 0.2) is 11.5 Å². The largest absolute Gasteiger partial charge is 0.353 e. The molecule has 2 aromatic heterocycles. The summed E-state index contributed by atoms with van der Waals surface area (Å²) in [6, 6.07) is 10.0. The van der Waals surface area contributed by atoms with Crippen LogP contribution in [0, 0.1) is 5.82 Å². The molecule has 1 fully saturated rings. The number of rotatable bonds is 5. The summed E-state index contributed by atoms with van der Waals surface area (Å²) >= 11 is 0. The fourth-order valence-electron chi connectivity index (χ4n) is 3.22. The highest BCUT2D eigenvalue weighted by molar-refractivity contribution is 7.89. The lowest BCUT2D eigenvalue weighted by Crippen LogP contribution is -2.48. The summed E-state index contributed by atoms with van der Waals surface area (Å²) in [6.07, 6.45) is 0. The first-order valence-corrected chi connectivity index (χ1v) is 10.6. The lowest BCUT2D eigenvalue weighted by molar-refractivity contribution is 0.271. The number of benzene rings is 1. The second-order valence-electron chi connectivity index (χ2n) is 6.66. The van der Waals surface area contributed by atoms with Crippen molar-refractivity contribution in [1.29, 1.82) is 0 Å². The second kappa shape index (κ2) is 7.41. The Kier molecular flexibility index (Phi) is 4.96. The minimum Gasteiger partial charge on any atom is -0.353 e. The van der Waals surface area contributed by atoms with Gasteiger partial charge in [-0.25, -0.2) is 17.9 Å². The van der Waals surface area contributed by atoms with E-state index in [0.29, 0.717) is 49.8 Å². The van der Waals surface area contributed by atoms with Gasteiger partial charge in [0, 0.05) is 32.7 Å². The first-order valence-electron chi connectivity index (χ1n) is 8.86. The van der Waals surface area contributed by atoms with Crippen molar-refractivity contribution in [1.82, 2.24) is 24.7 Å². The molecule has 0 saturated carbocycles. The zero-order valence-corrected chi connectivity index (χ0v) is 15.9. The molecule has 1 aromatic carbocycles. The van der Waals surface area contributed by atoms with Gasteiger partial charge in [-0.05, 0) is 24.3 Å². The topological polar surface area (TPSA) is 110 Å². The third kappa shape index (κ3) is 3.96. The molecule has 0 spiro atoms. The number of hydrogen-bond donors (Lipinski definition) is 1. The number of hydrogen-bond acceptors (Lipinski definition) is 7. The number of aromatic nitrogens is 4. The van der Waals surface area contributed by atoms with Crippen LogP contribution in [0.25, 0.3) is 17.0 Å². The maximum Gasteiger partial charge on any atom is 0.210 e. The van der Waals surface area contributed by atoms with E-state index in [-0.39, 0.29) is 11.6 Å². The number of sulfonamides is 1. The second-order valence-corrected chi connectivity index (χ2v) is 8.39. The Morgan fingerprint density at radius 3 is 2.50 bits per heavy atom. The van der Waals surface area contributed by atoms with Crippen molar-refractivity contribution in [2.24, 2.45) is 5.14 Å².